The molecule has 2 heterocycles. The maximum Gasteiger partial charge on any atom is 0.326 e. The number of nitrogen functional groups attached to an aromatic ring is 1. The Kier molecular flexibility index (Phi) is 12.3. The van der Waals surface area contributed by atoms with Crippen molar-refractivity contribution < 1.29 is 38.6 Å². The van der Waals surface area contributed by atoms with Crippen molar-refractivity contribution in [1.29, 1.82) is 0 Å². The summed E-state index contributed by atoms with van der Waals surface area (Å²) in [4.78, 5) is 65.2. The number of quaternary nitrogens is 1. The zero-order chi connectivity index (χ0) is 32.3. The summed E-state index contributed by atoms with van der Waals surface area (Å²) in [6.07, 6.45) is -0.586. The minimum Gasteiger partial charge on any atom is -0.481 e. The highest BCUT2D eigenvalue weighted by Crippen LogP contribution is 2.25. The van der Waals surface area contributed by atoms with Crippen LogP contribution in [0.5, 0.6) is 0 Å². The molecule has 2 atom stereocenters. The molecule has 1 aromatic carbocycles. The van der Waals surface area contributed by atoms with E-state index in [2.05, 4.69) is 47.1 Å². The number of rotatable bonds is 12. The van der Waals surface area contributed by atoms with Gasteiger partial charge in [0.15, 0.2) is 5.82 Å². The standard InChI is InChI=1S/C20H25N7O6.C7H16NO2/c1-27-12(9-23-16-15(27)18(31)26-20(21)25-16)8-22-11-4-2-10(3-5-11)17(30)24-13(19(32)33)6-7-14(28)29;1-7(9)10-6-5-8(2,3)4/h2-5,12-13,22H,6-9H2,1H3,(H,24,30)(H,28,29)(H,32,33)(H4,21,23,25,26,31);5-6H2,1-4H3/q;+1/t12-,13?;/m0./s1. The molecule has 2 aromatic rings. The second-order valence-electron chi connectivity index (χ2n) is 10.9. The number of aromatic nitrogens is 2. The third-order valence-corrected chi connectivity index (χ3v) is 6.33. The van der Waals surface area contributed by atoms with Crippen LogP contribution in [0.3, 0.4) is 0 Å². The minimum atomic E-state index is -1.30. The molecule has 43 heavy (non-hydrogen) atoms. The van der Waals surface area contributed by atoms with Crippen LogP contribution in [0, 0.1) is 0 Å². The summed E-state index contributed by atoms with van der Waals surface area (Å²) in [5.74, 6) is -2.79. The lowest BCUT2D eigenvalue weighted by Gasteiger charge is -2.35. The van der Waals surface area contributed by atoms with Gasteiger partial charge >= 0.3 is 17.9 Å². The van der Waals surface area contributed by atoms with Crippen LogP contribution in [-0.4, -0.2) is 115 Å². The van der Waals surface area contributed by atoms with Crippen LogP contribution < -0.4 is 32.1 Å². The Labute approximate surface area is 248 Å². The summed E-state index contributed by atoms with van der Waals surface area (Å²) in [7, 11) is 7.96. The van der Waals surface area contributed by atoms with E-state index < -0.39 is 23.9 Å². The summed E-state index contributed by atoms with van der Waals surface area (Å²) in [6, 6.07) is 5.03. The van der Waals surface area contributed by atoms with Gasteiger partial charge in [-0.2, -0.15) is 4.98 Å². The van der Waals surface area contributed by atoms with Crippen LogP contribution in [-0.2, 0) is 19.1 Å². The summed E-state index contributed by atoms with van der Waals surface area (Å²) < 4.78 is 5.59. The zero-order valence-electron chi connectivity index (χ0n) is 25.0. The Balaban J connectivity index is 0.000000553. The molecule has 8 N–H and O–H groups in total. The number of likely N-dealkylation sites (N-methyl/N-ethyl adjacent to an activating group) is 2. The first-order chi connectivity index (χ1) is 20.1. The number of nitrogens with two attached hydrogens (primary N) is 1. The van der Waals surface area contributed by atoms with Crippen molar-refractivity contribution in [3.05, 3.63) is 40.2 Å². The van der Waals surface area contributed by atoms with E-state index in [0.717, 1.165) is 16.7 Å². The van der Waals surface area contributed by atoms with Gasteiger partial charge in [-0.3, -0.25) is 24.2 Å². The van der Waals surface area contributed by atoms with Gasteiger partial charge in [0.2, 0.25) is 5.95 Å². The number of carbonyl (C=O) groups excluding carboxylic acids is 2. The normalized spacial score (nSPS) is 14.6. The lowest BCUT2D eigenvalue weighted by atomic mass is 10.1. The Morgan fingerprint density at radius 1 is 1.19 bits per heavy atom. The lowest BCUT2D eigenvalue weighted by molar-refractivity contribution is -0.870. The zero-order valence-corrected chi connectivity index (χ0v) is 25.0. The molecule has 0 aliphatic carbocycles. The van der Waals surface area contributed by atoms with Gasteiger partial charge in [-0.1, -0.05) is 0 Å². The van der Waals surface area contributed by atoms with Gasteiger partial charge in [0.05, 0.1) is 27.2 Å². The van der Waals surface area contributed by atoms with Gasteiger partial charge in [0.25, 0.3) is 11.5 Å². The molecule has 1 aromatic heterocycles. The largest absolute Gasteiger partial charge is 0.481 e. The molecule has 0 radical (unpaired) electrons. The molecule has 0 bridgehead atoms. The highest BCUT2D eigenvalue weighted by atomic mass is 16.5. The number of benzene rings is 1. The number of hydrogen-bond acceptors (Lipinski definition) is 11. The van der Waals surface area contributed by atoms with Crippen molar-refractivity contribution in [1.82, 2.24) is 15.3 Å². The number of nitrogens with zero attached hydrogens (tertiary/aromatic N) is 3. The van der Waals surface area contributed by atoms with E-state index in [1.165, 1.54) is 19.1 Å². The first kappa shape index (κ1) is 34.3. The molecular weight excluding hydrogens is 564 g/mol. The van der Waals surface area contributed by atoms with Crippen molar-refractivity contribution in [3.63, 3.8) is 0 Å². The Morgan fingerprint density at radius 2 is 1.84 bits per heavy atom. The van der Waals surface area contributed by atoms with Crippen LogP contribution in [0.1, 0.15) is 30.1 Å². The molecule has 1 aliphatic rings. The molecule has 0 saturated heterocycles. The Hall–Kier alpha value is -4.86. The fourth-order valence-electron chi connectivity index (χ4n) is 3.88. The van der Waals surface area contributed by atoms with E-state index in [-0.39, 0.29) is 41.9 Å². The molecule has 236 valence electrons. The maximum absolute atomic E-state index is 12.3. The first-order valence-corrected chi connectivity index (χ1v) is 13.5. The number of nitrogens with one attached hydrogen (secondary N) is 4. The van der Waals surface area contributed by atoms with Gasteiger partial charge in [0.1, 0.15) is 24.9 Å². The highest BCUT2D eigenvalue weighted by molar-refractivity contribution is 5.97. The second-order valence-corrected chi connectivity index (χ2v) is 10.9. The molecule has 0 fully saturated rings. The third kappa shape index (κ3) is 11.5. The van der Waals surface area contributed by atoms with Crippen molar-refractivity contribution in [2.45, 2.75) is 31.8 Å². The topological polar surface area (TPSA) is 229 Å². The van der Waals surface area contributed by atoms with Crippen LogP contribution >= 0.6 is 0 Å². The maximum atomic E-state index is 12.3. The smallest absolute Gasteiger partial charge is 0.326 e. The SMILES string of the molecule is CC(=O)OCC[N+](C)(C)C.CN1c2c(nc(N)[nH]c2=O)NC[C@@H]1CNc1ccc(C(=O)NC(CCC(=O)O)C(=O)O)cc1. The van der Waals surface area contributed by atoms with E-state index in [4.69, 9.17) is 15.6 Å². The molecule has 0 saturated carbocycles. The molecule has 3 rings (SSSR count). The van der Waals surface area contributed by atoms with Gasteiger partial charge in [-0.25, -0.2) is 4.79 Å². The van der Waals surface area contributed by atoms with E-state index in [9.17, 15) is 29.1 Å². The number of carbonyl (C=O) groups is 4. The highest BCUT2D eigenvalue weighted by Gasteiger charge is 2.27. The average Bonchev–Trinajstić information content (AvgIpc) is 2.89. The predicted molar refractivity (Wildman–Crippen MR) is 160 cm³/mol. The van der Waals surface area contributed by atoms with Crippen LogP contribution in [0.15, 0.2) is 29.1 Å². The van der Waals surface area contributed by atoms with E-state index in [1.807, 2.05) is 4.90 Å². The molecule has 16 heteroatoms. The summed E-state index contributed by atoms with van der Waals surface area (Å²) in [6.45, 7) is 3.81. The summed E-state index contributed by atoms with van der Waals surface area (Å²) >= 11 is 0. The number of H-pyrrole nitrogens is 1. The van der Waals surface area contributed by atoms with Crippen molar-refractivity contribution >= 4 is 47.0 Å². The number of anilines is 4. The first-order valence-electron chi connectivity index (χ1n) is 13.5. The van der Waals surface area contributed by atoms with Gasteiger partial charge in [-0.05, 0) is 30.7 Å². The molecule has 1 unspecified atom stereocenters. The molecular formula is C27H41N8O8+. The lowest BCUT2D eigenvalue weighted by Crippen LogP contribution is -2.48. The number of aromatic amines is 1. The molecule has 1 amide bonds. The van der Waals surface area contributed by atoms with Crippen molar-refractivity contribution in [2.75, 3.05) is 75.7 Å². The number of aliphatic carboxylic acids is 2. The van der Waals surface area contributed by atoms with Gasteiger partial charge in [0, 0.05) is 44.7 Å². The van der Waals surface area contributed by atoms with Gasteiger partial charge < -0.3 is 46.0 Å². The van der Waals surface area contributed by atoms with Gasteiger partial charge in [-0.15, -0.1) is 0 Å². The van der Waals surface area contributed by atoms with Crippen molar-refractivity contribution in [2.24, 2.45) is 0 Å². The molecule has 16 nitrogen and oxygen atoms in total. The predicted octanol–water partition coefficient (Wildman–Crippen LogP) is -0.00200. The number of fused-ring (bicyclic) bond motifs is 1. The second kappa shape index (κ2) is 15.4. The third-order valence-electron chi connectivity index (χ3n) is 6.33. The number of carboxylic acids is 2. The quantitative estimate of drug-likeness (QED) is 0.125. The monoisotopic (exact) mass is 605 g/mol. The number of carboxylic acid groups (broad SMARTS) is 2. The van der Waals surface area contributed by atoms with E-state index in [1.54, 1.807) is 19.2 Å². The van der Waals surface area contributed by atoms with Crippen LogP contribution in [0.25, 0.3) is 0 Å². The van der Waals surface area contributed by atoms with E-state index in [0.29, 0.717) is 31.2 Å². The number of esters is 1. The molecule has 0 spiro atoms. The van der Waals surface area contributed by atoms with E-state index >= 15 is 0 Å². The number of amides is 1. The Bertz CT molecular complexity index is 1340. The van der Waals surface area contributed by atoms with Crippen molar-refractivity contribution in [3.8, 4) is 0 Å². The van der Waals surface area contributed by atoms with Crippen LogP contribution in [0.4, 0.5) is 23.1 Å². The average molecular weight is 606 g/mol. The Morgan fingerprint density at radius 3 is 2.40 bits per heavy atom. The van der Waals surface area contributed by atoms with Crippen LogP contribution in [0.2, 0.25) is 0 Å². The summed E-state index contributed by atoms with van der Waals surface area (Å²) in [5.41, 5.74) is 6.59. The fraction of sp³-hybridized carbons (Fsp3) is 0.481. The number of hydrogen-bond donors (Lipinski definition) is 7. The number of ether oxygens (including phenoxy) is 1. The summed E-state index contributed by atoms with van der Waals surface area (Å²) in [5, 5.41) is 26.6. The minimum absolute atomic E-state index is 0.0388. The molecule has 1 aliphatic heterocycles. The fourth-order valence-corrected chi connectivity index (χ4v) is 3.88.